The number of nitrogens with one attached hydrogen (secondary N) is 1. The number of benzene rings is 2. The van der Waals surface area contributed by atoms with Gasteiger partial charge in [0, 0.05) is 16.1 Å². The quantitative estimate of drug-likeness (QED) is 0.841. The maximum absolute atomic E-state index is 12.0. The molecule has 1 amide bonds. The molecular formula is C15H15NO2S. The zero-order chi connectivity index (χ0) is 13.7. The number of carbonyl (C=O) groups is 1. The molecule has 0 bridgehead atoms. The van der Waals surface area contributed by atoms with Gasteiger partial charge in [0.2, 0.25) is 0 Å². The molecular weight excluding hydrogens is 258 g/mol. The summed E-state index contributed by atoms with van der Waals surface area (Å²) in [6.45, 7) is 0.00434. The minimum absolute atomic E-state index is 0.00434. The fourth-order valence-electron chi connectivity index (χ4n) is 1.64. The van der Waals surface area contributed by atoms with E-state index in [2.05, 4.69) is 5.32 Å². The zero-order valence-corrected chi connectivity index (χ0v) is 11.4. The van der Waals surface area contributed by atoms with Crippen molar-refractivity contribution in [2.75, 3.05) is 11.6 Å². The molecule has 2 rings (SSSR count). The highest BCUT2D eigenvalue weighted by Gasteiger charge is 2.05. The van der Waals surface area contributed by atoms with Crippen LogP contribution in [0.3, 0.4) is 0 Å². The molecule has 0 aliphatic rings. The molecule has 0 heterocycles. The second-order valence-corrected chi connectivity index (χ2v) is 4.92. The van der Waals surface area contributed by atoms with E-state index in [-0.39, 0.29) is 12.5 Å². The van der Waals surface area contributed by atoms with E-state index in [1.165, 1.54) is 0 Å². The molecule has 2 aromatic carbocycles. The van der Waals surface area contributed by atoms with Crippen LogP contribution >= 0.6 is 11.8 Å². The lowest BCUT2D eigenvalue weighted by Gasteiger charge is -2.06. The Labute approximate surface area is 116 Å². The van der Waals surface area contributed by atoms with E-state index in [0.717, 1.165) is 16.1 Å². The summed E-state index contributed by atoms with van der Waals surface area (Å²) in [6, 6.07) is 14.6. The number of hydrogen-bond acceptors (Lipinski definition) is 3. The van der Waals surface area contributed by atoms with Gasteiger partial charge in [0.25, 0.3) is 5.91 Å². The van der Waals surface area contributed by atoms with Crippen LogP contribution in [0.15, 0.2) is 53.4 Å². The highest BCUT2D eigenvalue weighted by molar-refractivity contribution is 7.98. The second kappa shape index (κ2) is 6.41. The van der Waals surface area contributed by atoms with Crippen LogP contribution < -0.4 is 5.32 Å². The van der Waals surface area contributed by atoms with E-state index >= 15 is 0 Å². The standard InChI is InChI=1S/C15H15NO2S/c1-19-14-8-4-12(5-9-14)15(18)16-13-6-2-11(10-17)3-7-13/h2-9,17H,10H2,1H3,(H,16,18). The van der Waals surface area contributed by atoms with Crippen molar-refractivity contribution in [2.45, 2.75) is 11.5 Å². The van der Waals surface area contributed by atoms with Gasteiger partial charge in [-0.2, -0.15) is 0 Å². The minimum Gasteiger partial charge on any atom is -0.392 e. The van der Waals surface area contributed by atoms with Gasteiger partial charge < -0.3 is 10.4 Å². The molecule has 0 saturated heterocycles. The molecule has 0 aromatic heterocycles. The van der Waals surface area contributed by atoms with E-state index in [9.17, 15) is 4.79 Å². The van der Waals surface area contributed by atoms with Crippen molar-refractivity contribution in [3.8, 4) is 0 Å². The summed E-state index contributed by atoms with van der Waals surface area (Å²) in [5.41, 5.74) is 2.17. The van der Waals surface area contributed by atoms with Crippen molar-refractivity contribution in [3.63, 3.8) is 0 Å². The first-order chi connectivity index (χ1) is 9.22. The van der Waals surface area contributed by atoms with Crippen LogP contribution in [0.1, 0.15) is 15.9 Å². The number of anilines is 1. The van der Waals surface area contributed by atoms with E-state index in [1.807, 2.05) is 30.5 Å². The van der Waals surface area contributed by atoms with Crippen LogP contribution in [-0.4, -0.2) is 17.3 Å². The van der Waals surface area contributed by atoms with E-state index in [0.29, 0.717) is 5.56 Å². The Morgan fingerprint density at radius 1 is 1.11 bits per heavy atom. The molecule has 0 fully saturated rings. The van der Waals surface area contributed by atoms with Crippen LogP contribution in [-0.2, 0) is 6.61 Å². The Bertz CT molecular complexity index is 549. The van der Waals surface area contributed by atoms with Crippen molar-refractivity contribution in [1.82, 2.24) is 0 Å². The highest BCUT2D eigenvalue weighted by atomic mass is 32.2. The fourth-order valence-corrected chi connectivity index (χ4v) is 2.05. The number of hydrogen-bond donors (Lipinski definition) is 2. The molecule has 98 valence electrons. The van der Waals surface area contributed by atoms with Crippen LogP contribution in [0, 0.1) is 0 Å². The third kappa shape index (κ3) is 3.59. The summed E-state index contributed by atoms with van der Waals surface area (Å²) in [5, 5.41) is 11.8. The van der Waals surface area contributed by atoms with Crippen molar-refractivity contribution in [3.05, 3.63) is 59.7 Å². The van der Waals surface area contributed by atoms with Crippen molar-refractivity contribution >= 4 is 23.4 Å². The Balaban J connectivity index is 2.06. The molecule has 0 atom stereocenters. The van der Waals surface area contributed by atoms with Gasteiger partial charge in [0.1, 0.15) is 0 Å². The molecule has 0 radical (unpaired) electrons. The van der Waals surface area contributed by atoms with E-state index in [1.54, 1.807) is 36.0 Å². The molecule has 0 unspecified atom stereocenters. The highest BCUT2D eigenvalue weighted by Crippen LogP contribution is 2.16. The predicted molar refractivity (Wildman–Crippen MR) is 78.5 cm³/mol. The zero-order valence-electron chi connectivity index (χ0n) is 10.6. The van der Waals surface area contributed by atoms with Crippen molar-refractivity contribution in [2.24, 2.45) is 0 Å². The van der Waals surface area contributed by atoms with Crippen LogP contribution in [0.2, 0.25) is 0 Å². The van der Waals surface area contributed by atoms with Crippen molar-refractivity contribution in [1.29, 1.82) is 0 Å². The Morgan fingerprint density at radius 2 is 1.74 bits per heavy atom. The number of carbonyl (C=O) groups excluding carboxylic acids is 1. The molecule has 3 nitrogen and oxygen atoms in total. The lowest BCUT2D eigenvalue weighted by atomic mass is 10.2. The molecule has 0 spiro atoms. The van der Waals surface area contributed by atoms with E-state index in [4.69, 9.17) is 5.11 Å². The molecule has 0 saturated carbocycles. The fraction of sp³-hybridized carbons (Fsp3) is 0.133. The third-order valence-corrected chi connectivity index (χ3v) is 3.49. The third-order valence-electron chi connectivity index (χ3n) is 2.75. The summed E-state index contributed by atoms with van der Waals surface area (Å²) in [4.78, 5) is 13.1. The first-order valence-electron chi connectivity index (χ1n) is 5.88. The monoisotopic (exact) mass is 273 g/mol. The number of aliphatic hydroxyl groups excluding tert-OH is 1. The summed E-state index contributed by atoms with van der Waals surface area (Å²) in [7, 11) is 0. The average Bonchev–Trinajstić information content (AvgIpc) is 2.48. The largest absolute Gasteiger partial charge is 0.392 e. The first-order valence-corrected chi connectivity index (χ1v) is 7.10. The molecule has 0 aliphatic heterocycles. The predicted octanol–water partition coefficient (Wildman–Crippen LogP) is 3.15. The van der Waals surface area contributed by atoms with Gasteiger partial charge in [0.15, 0.2) is 0 Å². The van der Waals surface area contributed by atoms with Crippen LogP contribution in [0.5, 0.6) is 0 Å². The lowest BCUT2D eigenvalue weighted by molar-refractivity contribution is 0.102. The maximum Gasteiger partial charge on any atom is 0.255 e. The molecule has 0 aliphatic carbocycles. The van der Waals surface area contributed by atoms with Gasteiger partial charge in [0.05, 0.1) is 6.61 Å². The SMILES string of the molecule is CSc1ccc(C(=O)Nc2ccc(CO)cc2)cc1. The van der Waals surface area contributed by atoms with Crippen LogP contribution in [0.4, 0.5) is 5.69 Å². The Kier molecular flexibility index (Phi) is 4.60. The smallest absolute Gasteiger partial charge is 0.255 e. The van der Waals surface area contributed by atoms with Gasteiger partial charge in [-0.15, -0.1) is 11.8 Å². The normalized spacial score (nSPS) is 10.2. The van der Waals surface area contributed by atoms with Gasteiger partial charge in [-0.25, -0.2) is 0 Å². The molecule has 19 heavy (non-hydrogen) atoms. The molecule has 2 aromatic rings. The summed E-state index contributed by atoms with van der Waals surface area (Å²) < 4.78 is 0. The number of amides is 1. The summed E-state index contributed by atoms with van der Waals surface area (Å²) in [5.74, 6) is -0.135. The van der Waals surface area contributed by atoms with Crippen molar-refractivity contribution < 1.29 is 9.90 Å². The Morgan fingerprint density at radius 3 is 2.26 bits per heavy atom. The molecule has 4 heteroatoms. The van der Waals surface area contributed by atoms with Crippen LogP contribution in [0.25, 0.3) is 0 Å². The summed E-state index contributed by atoms with van der Waals surface area (Å²) >= 11 is 1.64. The maximum atomic E-state index is 12.0. The topological polar surface area (TPSA) is 49.3 Å². The van der Waals surface area contributed by atoms with Gasteiger partial charge in [-0.3, -0.25) is 4.79 Å². The first kappa shape index (κ1) is 13.6. The van der Waals surface area contributed by atoms with E-state index < -0.39 is 0 Å². The number of aliphatic hydroxyl groups is 1. The van der Waals surface area contributed by atoms with Gasteiger partial charge in [-0.1, -0.05) is 12.1 Å². The number of rotatable bonds is 4. The number of thioether (sulfide) groups is 1. The molecule has 2 N–H and O–H groups in total. The lowest BCUT2D eigenvalue weighted by Crippen LogP contribution is -2.11. The average molecular weight is 273 g/mol. The summed E-state index contributed by atoms with van der Waals surface area (Å²) in [6.07, 6.45) is 2.00. The minimum atomic E-state index is -0.135. The Hall–Kier alpha value is -1.78. The van der Waals surface area contributed by atoms with Gasteiger partial charge >= 0.3 is 0 Å². The second-order valence-electron chi connectivity index (χ2n) is 4.04. The van der Waals surface area contributed by atoms with Gasteiger partial charge in [-0.05, 0) is 48.2 Å².